The summed E-state index contributed by atoms with van der Waals surface area (Å²) in [5.41, 5.74) is -1.89. The molecule has 4 aliphatic rings. The van der Waals surface area contributed by atoms with Gasteiger partial charge in [-0.2, -0.15) is 0 Å². The molecule has 3 fully saturated rings. The molecular formula is C36H47N5O10S. The Bertz CT molecular complexity index is 1880. The Kier molecular flexibility index (Phi) is 10.3. The van der Waals surface area contributed by atoms with E-state index in [4.69, 9.17) is 13.9 Å². The normalized spacial score (nSPS) is 27.6. The first-order valence-electron chi connectivity index (χ1n) is 17.8. The monoisotopic (exact) mass is 741 g/mol. The number of furan rings is 1. The SMILES string of the molecule is COc1ccc2oc(C(=O)N[C@@H]3C[C@H]4C(=O)N[C@]5(C(=O)NS(=O)(=O)C6CC6)C[C@H]5/C=C\CCCCC[C@H](NC(=O)OC(C)(C)C)C(=O)N4C3)cc2c1. The fourth-order valence-corrected chi connectivity index (χ4v) is 8.24. The van der Waals surface area contributed by atoms with E-state index in [0.717, 1.165) is 12.8 Å². The zero-order valence-electron chi connectivity index (χ0n) is 29.9. The molecule has 52 heavy (non-hydrogen) atoms. The summed E-state index contributed by atoms with van der Waals surface area (Å²) in [6.45, 7) is 5.04. The van der Waals surface area contributed by atoms with E-state index in [0.29, 0.717) is 42.4 Å². The second kappa shape index (κ2) is 14.4. The van der Waals surface area contributed by atoms with E-state index in [-0.39, 0.29) is 31.6 Å². The van der Waals surface area contributed by atoms with Crippen LogP contribution >= 0.6 is 0 Å². The number of benzene rings is 1. The van der Waals surface area contributed by atoms with Gasteiger partial charge in [-0.05, 0) is 90.0 Å². The summed E-state index contributed by atoms with van der Waals surface area (Å²) in [5.74, 6) is -2.45. The Morgan fingerprint density at radius 2 is 1.81 bits per heavy atom. The van der Waals surface area contributed by atoms with Crippen LogP contribution in [0.25, 0.3) is 11.0 Å². The maximum Gasteiger partial charge on any atom is 0.408 e. The number of carbonyl (C=O) groups is 5. The lowest BCUT2D eigenvalue weighted by Crippen LogP contribution is -2.58. The number of allylic oxidation sites excluding steroid dienone is 1. The maximum atomic E-state index is 14.3. The van der Waals surface area contributed by atoms with Gasteiger partial charge in [0.1, 0.15) is 34.6 Å². The molecule has 2 saturated carbocycles. The fraction of sp³-hybridized carbons (Fsp3) is 0.583. The summed E-state index contributed by atoms with van der Waals surface area (Å²) in [6.07, 6.45) is 7.10. The Balaban J connectivity index is 1.27. The van der Waals surface area contributed by atoms with Gasteiger partial charge < -0.3 is 34.7 Å². The molecule has 1 saturated heterocycles. The average Bonchev–Trinajstić information content (AvgIpc) is 3.96. The van der Waals surface area contributed by atoms with Crippen LogP contribution in [0.15, 0.2) is 40.8 Å². The molecule has 16 heteroatoms. The van der Waals surface area contributed by atoms with Crippen LogP contribution in [0.1, 0.15) is 89.1 Å². The molecule has 5 atom stereocenters. The molecular weight excluding hydrogens is 694 g/mol. The minimum Gasteiger partial charge on any atom is -0.497 e. The van der Waals surface area contributed by atoms with Gasteiger partial charge in [-0.1, -0.05) is 25.0 Å². The van der Waals surface area contributed by atoms with Gasteiger partial charge in [-0.25, -0.2) is 13.2 Å². The third-order valence-electron chi connectivity index (χ3n) is 9.85. The highest BCUT2D eigenvalue weighted by atomic mass is 32.2. The molecule has 4 N–H and O–H groups in total. The zero-order chi connectivity index (χ0) is 37.4. The second-order valence-corrected chi connectivity index (χ2v) is 17.1. The molecule has 0 unspecified atom stereocenters. The van der Waals surface area contributed by atoms with Crippen molar-refractivity contribution in [2.24, 2.45) is 5.92 Å². The van der Waals surface area contributed by atoms with Gasteiger partial charge in [0.25, 0.3) is 11.8 Å². The van der Waals surface area contributed by atoms with Crippen LogP contribution in [-0.2, 0) is 29.1 Å². The number of rotatable bonds is 7. The first kappa shape index (κ1) is 37.2. The van der Waals surface area contributed by atoms with Crippen LogP contribution in [0.2, 0.25) is 0 Å². The van der Waals surface area contributed by atoms with E-state index in [1.54, 1.807) is 45.0 Å². The van der Waals surface area contributed by atoms with E-state index in [2.05, 4.69) is 20.7 Å². The quantitative estimate of drug-likeness (QED) is 0.306. The molecule has 282 valence electrons. The summed E-state index contributed by atoms with van der Waals surface area (Å²) >= 11 is 0. The number of nitrogens with zero attached hydrogens (tertiary/aromatic N) is 1. The lowest BCUT2D eigenvalue weighted by Gasteiger charge is -2.30. The van der Waals surface area contributed by atoms with Crippen LogP contribution < -0.4 is 25.4 Å². The molecule has 2 aromatic rings. The van der Waals surface area contributed by atoms with Crippen LogP contribution in [0.3, 0.4) is 0 Å². The molecule has 1 aromatic carbocycles. The van der Waals surface area contributed by atoms with Crippen molar-refractivity contribution >= 4 is 50.7 Å². The van der Waals surface area contributed by atoms with E-state index in [1.807, 2.05) is 12.2 Å². The summed E-state index contributed by atoms with van der Waals surface area (Å²) < 4.78 is 44.2. The Hall–Kier alpha value is -4.60. The number of alkyl carbamates (subject to hydrolysis) is 1. The predicted octanol–water partition coefficient (Wildman–Crippen LogP) is 3.04. The maximum absolute atomic E-state index is 14.3. The molecule has 0 spiro atoms. The van der Waals surface area contributed by atoms with Crippen molar-refractivity contribution in [2.45, 2.75) is 113 Å². The summed E-state index contributed by atoms with van der Waals surface area (Å²) in [6, 6.07) is 3.76. The minimum atomic E-state index is -3.91. The number of hydrogen-bond acceptors (Lipinski definition) is 10. The van der Waals surface area contributed by atoms with Crippen molar-refractivity contribution < 1.29 is 46.3 Å². The molecule has 3 heterocycles. The van der Waals surface area contributed by atoms with Crippen LogP contribution in [-0.4, -0.2) is 91.2 Å². The van der Waals surface area contributed by atoms with E-state index in [1.165, 1.54) is 12.0 Å². The molecule has 5 amide bonds. The van der Waals surface area contributed by atoms with Gasteiger partial charge in [0.15, 0.2) is 5.76 Å². The van der Waals surface area contributed by atoms with Gasteiger partial charge in [0.05, 0.1) is 12.4 Å². The van der Waals surface area contributed by atoms with Crippen molar-refractivity contribution in [3.63, 3.8) is 0 Å². The van der Waals surface area contributed by atoms with Gasteiger partial charge in [-0.15, -0.1) is 0 Å². The van der Waals surface area contributed by atoms with Gasteiger partial charge in [0.2, 0.25) is 21.8 Å². The number of methoxy groups -OCH3 is 1. The molecule has 2 aliphatic carbocycles. The number of carbonyl (C=O) groups excluding carboxylic acids is 5. The first-order chi connectivity index (χ1) is 24.6. The van der Waals surface area contributed by atoms with Crippen molar-refractivity contribution in [1.82, 2.24) is 25.6 Å². The summed E-state index contributed by atoms with van der Waals surface area (Å²) in [4.78, 5) is 69.8. The van der Waals surface area contributed by atoms with Gasteiger partial charge in [0, 0.05) is 23.9 Å². The van der Waals surface area contributed by atoms with Crippen LogP contribution in [0, 0.1) is 5.92 Å². The third kappa shape index (κ3) is 8.37. The average molecular weight is 742 g/mol. The molecule has 2 aliphatic heterocycles. The van der Waals surface area contributed by atoms with E-state index in [9.17, 15) is 32.4 Å². The number of sulfonamides is 1. The molecule has 6 rings (SSSR count). The lowest BCUT2D eigenvalue weighted by atomic mass is 10.0. The molecule has 1 aromatic heterocycles. The topological polar surface area (TPSA) is 202 Å². The zero-order valence-corrected chi connectivity index (χ0v) is 30.7. The van der Waals surface area contributed by atoms with Crippen molar-refractivity contribution in [1.29, 1.82) is 0 Å². The van der Waals surface area contributed by atoms with Gasteiger partial charge >= 0.3 is 6.09 Å². The molecule has 0 bridgehead atoms. The minimum absolute atomic E-state index is 0.0188. The number of hydrogen-bond donors (Lipinski definition) is 4. The van der Waals surface area contributed by atoms with E-state index >= 15 is 0 Å². The standard InChI is InChI=1S/C36H47N5O10S/c1-35(2,3)51-34(46)38-26-11-9-7-5-6-8-10-22-19-36(22,33(45)40-52(47,48)25-13-14-25)39-30(42)27-18-23(20-41(27)32(26)44)37-31(43)29-17-21-16-24(49-4)12-15-28(21)50-29/h8,10,12,15-17,22-23,25-27H,5-7,9,11,13-14,18-20H2,1-4H3,(H,37,43)(H,38,46)(H,39,42)(H,40,45)/b10-8-/t22-,23-,26+,27+,36-/m1/s1. The summed E-state index contributed by atoms with van der Waals surface area (Å²) in [7, 11) is -2.38. The Morgan fingerprint density at radius 3 is 2.52 bits per heavy atom. The lowest BCUT2D eigenvalue weighted by molar-refractivity contribution is -0.141. The molecule has 15 nitrogen and oxygen atoms in total. The number of ether oxygens (including phenoxy) is 2. The van der Waals surface area contributed by atoms with Crippen LogP contribution in [0.5, 0.6) is 5.75 Å². The van der Waals surface area contributed by atoms with Crippen molar-refractivity contribution in [2.75, 3.05) is 13.7 Å². The number of amides is 5. The second-order valence-electron chi connectivity index (χ2n) is 15.1. The third-order valence-corrected chi connectivity index (χ3v) is 11.7. The van der Waals surface area contributed by atoms with Crippen molar-refractivity contribution in [3.8, 4) is 5.75 Å². The fourth-order valence-electron chi connectivity index (χ4n) is 6.87. The predicted molar refractivity (Wildman–Crippen MR) is 189 cm³/mol. The first-order valence-corrected chi connectivity index (χ1v) is 19.4. The number of fused-ring (bicyclic) bond motifs is 3. The smallest absolute Gasteiger partial charge is 0.408 e. The highest BCUT2D eigenvalue weighted by Crippen LogP contribution is 2.46. The van der Waals surface area contributed by atoms with Crippen molar-refractivity contribution in [3.05, 3.63) is 42.2 Å². The highest BCUT2D eigenvalue weighted by Gasteiger charge is 2.62. The Labute approximate surface area is 302 Å². The number of nitrogens with one attached hydrogen (secondary N) is 4. The van der Waals surface area contributed by atoms with Crippen LogP contribution in [0.4, 0.5) is 4.79 Å². The largest absolute Gasteiger partial charge is 0.497 e. The van der Waals surface area contributed by atoms with E-state index < -0.39 is 80.2 Å². The Morgan fingerprint density at radius 1 is 1.04 bits per heavy atom. The highest BCUT2D eigenvalue weighted by molar-refractivity contribution is 7.91. The molecule has 0 radical (unpaired) electrons. The summed E-state index contributed by atoms with van der Waals surface area (Å²) in [5, 5.41) is 8.39. The van der Waals surface area contributed by atoms with Gasteiger partial charge in [-0.3, -0.25) is 23.9 Å².